The van der Waals surface area contributed by atoms with Gasteiger partial charge in [-0.1, -0.05) is 54.1 Å². The van der Waals surface area contributed by atoms with E-state index in [1.165, 1.54) is 36.4 Å². The van der Waals surface area contributed by atoms with Crippen LogP contribution in [0.25, 0.3) is 12.2 Å². The molecular formula is C16H16Cl4NaO12P3S2. The summed E-state index contributed by atoms with van der Waals surface area (Å²) in [6, 6.07) is 11.7. The van der Waals surface area contributed by atoms with Gasteiger partial charge in [0.1, 0.15) is 10.1 Å². The molecule has 2 aromatic carbocycles. The molecule has 0 saturated carbocycles. The third-order valence-electron chi connectivity index (χ3n) is 3.11. The van der Waals surface area contributed by atoms with Crippen LogP contribution in [0.1, 0.15) is 11.1 Å². The van der Waals surface area contributed by atoms with E-state index >= 15 is 0 Å². The summed E-state index contributed by atoms with van der Waals surface area (Å²) in [7, 11) is -11.1. The second-order valence-electron chi connectivity index (χ2n) is 5.65. The number of hydrogen-bond donors (Lipinski definition) is 2. The molecule has 0 aliphatic carbocycles. The predicted octanol–water partition coefficient (Wildman–Crippen LogP) is 2.98. The van der Waals surface area contributed by atoms with Crippen LogP contribution in [0.4, 0.5) is 0 Å². The first-order valence-corrected chi connectivity index (χ1v) is 20.0. The molecule has 2 rings (SSSR count). The fourth-order valence-corrected chi connectivity index (χ4v) is 3.04. The Kier molecular flexibility index (Phi) is 21.9. The first-order valence-electron chi connectivity index (χ1n) is 8.44. The van der Waals surface area contributed by atoms with Crippen LogP contribution in [0.15, 0.2) is 71.5 Å². The predicted molar refractivity (Wildman–Crippen MR) is 140 cm³/mol. The minimum atomic E-state index is -4.74. The Morgan fingerprint density at radius 2 is 1.16 bits per heavy atom. The summed E-state index contributed by atoms with van der Waals surface area (Å²) in [6.07, 6.45) is 3.20. The summed E-state index contributed by atoms with van der Waals surface area (Å²) in [5.74, 6) is 0. The van der Waals surface area contributed by atoms with Gasteiger partial charge in [0.25, 0.3) is 9.05 Å². The zero-order chi connectivity index (χ0) is 29.7. The van der Waals surface area contributed by atoms with Gasteiger partial charge in [-0.15, -0.1) is 4.67 Å². The maximum atomic E-state index is 10.8. The van der Waals surface area contributed by atoms with Crippen molar-refractivity contribution >= 4 is 95.9 Å². The van der Waals surface area contributed by atoms with E-state index in [1.807, 2.05) is 0 Å². The molecule has 0 fully saturated rings. The zero-order valence-electron chi connectivity index (χ0n) is 18.8. The standard InChI is InChI=1S/C8H7ClO2S.C8H8O3S.Cl3OP.Na.H2O6P2/c2*1-2-7-3-5-8(6-4-7)12(9,10)11;1-5(2,3)4;;1-6-8(4,5)7(2)3/h2-6H,1H2;2-6H,1H2,(H,9,10,11);;;1H,(H,4,5)/q;;;+1;/p-1. The number of benzene rings is 2. The van der Waals surface area contributed by atoms with Gasteiger partial charge in [-0.05, 0) is 69.1 Å². The maximum absolute atomic E-state index is 10.8. The van der Waals surface area contributed by atoms with Crippen LogP contribution in [-0.4, -0.2) is 31.5 Å². The first kappa shape index (κ1) is 42.8. The fourth-order valence-electron chi connectivity index (χ4n) is 1.57. The zero-order valence-corrected chi connectivity index (χ0v) is 28.2. The number of rotatable bonds is 6. The van der Waals surface area contributed by atoms with E-state index in [-0.39, 0.29) is 39.3 Å². The third kappa shape index (κ3) is 22.1. The van der Waals surface area contributed by atoms with E-state index < -0.39 is 39.4 Å². The van der Waals surface area contributed by atoms with E-state index in [2.05, 4.69) is 51.6 Å². The molecule has 38 heavy (non-hydrogen) atoms. The van der Waals surface area contributed by atoms with Crippen molar-refractivity contribution in [2.24, 2.45) is 0 Å². The second-order valence-corrected chi connectivity index (χ2v) is 20.3. The first-order chi connectivity index (χ1) is 16.6. The minimum absolute atomic E-state index is 0. The summed E-state index contributed by atoms with van der Waals surface area (Å²) in [4.78, 5) is 17.3. The van der Waals surface area contributed by atoms with Gasteiger partial charge >= 0.3 is 49.8 Å². The normalized spacial score (nSPS) is 12.7. The van der Waals surface area contributed by atoms with Crippen molar-refractivity contribution < 1.29 is 84.4 Å². The summed E-state index contributed by atoms with van der Waals surface area (Å²) < 4.78 is 84.4. The van der Waals surface area contributed by atoms with Crippen LogP contribution in [0.3, 0.4) is 0 Å². The number of hydrogen-bond acceptors (Lipinski definition) is 11. The molecule has 22 heteroatoms. The van der Waals surface area contributed by atoms with E-state index in [1.54, 1.807) is 24.3 Å². The van der Waals surface area contributed by atoms with Crippen molar-refractivity contribution in [2.45, 2.75) is 9.79 Å². The molecule has 2 unspecified atom stereocenters. The largest absolute Gasteiger partial charge is 1.00 e. The number of halogens is 4. The van der Waals surface area contributed by atoms with Crippen LogP contribution in [0.5, 0.6) is 0 Å². The van der Waals surface area contributed by atoms with E-state index in [4.69, 9.17) is 20.8 Å². The SMILES string of the molecule is C=Cc1ccc(S(=O)(=O)Cl)cc1.C=Cc1ccc(S(=O)(=O)[O-])cc1.O=P(Cl)(Cl)Cl.O=[P+]([O-])P(=O)(O)OO.[Na+]. The van der Waals surface area contributed by atoms with E-state index in [0.29, 0.717) is 0 Å². The van der Waals surface area contributed by atoms with Crippen LogP contribution in [-0.2, 0) is 37.5 Å². The van der Waals surface area contributed by atoms with Gasteiger partial charge < -0.3 is 9.45 Å². The van der Waals surface area contributed by atoms with Crippen molar-refractivity contribution in [3.8, 4) is 0 Å². The van der Waals surface area contributed by atoms with Crippen molar-refractivity contribution in [3.63, 3.8) is 0 Å². The Balaban J connectivity index is -0.000000447. The van der Waals surface area contributed by atoms with E-state index in [0.717, 1.165) is 11.1 Å². The molecule has 0 saturated heterocycles. The second kappa shape index (κ2) is 19.5. The van der Waals surface area contributed by atoms with Gasteiger partial charge in [0.2, 0.25) is 0 Å². The molecule has 208 valence electrons. The van der Waals surface area contributed by atoms with Gasteiger partial charge in [-0.2, -0.15) is 0 Å². The van der Waals surface area contributed by atoms with Crippen molar-refractivity contribution in [2.75, 3.05) is 0 Å². The monoisotopic (exact) mass is 720 g/mol. The van der Waals surface area contributed by atoms with Crippen molar-refractivity contribution in [1.82, 2.24) is 0 Å². The molecule has 2 N–H and O–H groups in total. The molecule has 0 heterocycles. The van der Waals surface area contributed by atoms with Gasteiger partial charge in [0, 0.05) is 10.7 Å². The molecule has 0 amide bonds. The van der Waals surface area contributed by atoms with Crippen LogP contribution in [0, 0.1) is 0 Å². The Morgan fingerprint density at radius 1 is 0.868 bits per heavy atom. The van der Waals surface area contributed by atoms with Gasteiger partial charge in [-0.3, -0.25) is 9.46 Å². The summed E-state index contributed by atoms with van der Waals surface area (Å²) in [5.41, 5.74) is 1.64. The Hall–Kier alpha value is 0.340. The van der Waals surface area contributed by atoms with Crippen LogP contribution in [0.2, 0.25) is 0 Å². The quantitative estimate of drug-likeness (QED) is 0.110. The van der Waals surface area contributed by atoms with Gasteiger partial charge in [0.15, 0.2) is 0 Å². The molecule has 0 aliphatic heterocycles. The Labute approximate surface area is 260 Å². The van der Waals surface area contributed by atoms with Gasteiger partial charge in [-0.25, -0.2) is 26.7 Å². The van der Waals surface area contributed by atoms with Crippen molar-refractivity contribution in [3.05, 3.63) is 72.8 Å². The minimum Gasteiger partial charge on any atom is -0.744 e. The average molecular weight is 722 g/mol. The molecule has 0 radical (unpaired) electrons. The molecule has 2 aromatic rings. The molecule has 2 atom stereocenters. The topological polar surface area (TPSA) is 215 Å². The smallest absolute Gasteiger partial charge is 0.744 e. The Morgan fingerprint density at radius 3 is 1.32 bits per heavy atom. The Bertz CT molecular complexity index is 1280. The summed E-state index contributed by atoms with van der Waals surface area (Å²) in [5, 5.41) is 4.15. The van der Waals surface area contributed by atoms with Crippen molar-refractivity contribution in [1.29, 1.82) is 0 Å². The van der Waals surface area contributed by atoms with Crippen LogP contribution < -0.4 is 34.5 Å². The van der Waals surface area contributed by atoms with Gasteiger partial charge in [0.05, 0.1) is 9.79 Å². The average Bonchev–Trinajstić information content (AvgIpc) is 2.77. The van der Waals surface area contributed by atoms with Crippen LogP contribution >= 0.6 is 64.6 Å². The summed E-state index contributed by atoms with van der Waals surface area (Å²) >= 11 is 13.8. The summed E-state index contributed by atoms with van der Waals surface area (Å²) in [6.45, 7) is 7.04. The molecular weight excluding hydrogens is 706 g/mol. The molecule has 12 nitrogen and oxygen atoms in total. The van der Waals surface area contributed by atoms with E-state index in [9.17, 15) is 40.0 Å². The fraction of sp³-hybridized carbons (Fsp3) is 0. The maximum Gasteiger partial charge on any atom is 1.00 e. The molecule has 0 bridgehead atoms. The molecule has 0 spiro atoms. The third-order valence-corrected chi connectivity index (χ3v) is 7.42. The molecule has 0 aromatic heterocycles. The molecule has 0 aliphatic rings.